The van der Waals surface area contributed by atoms with Gasteiger partial charge in [0.2, 0.25) is 5.76 Å². The number of anilines is 1. The number of nitrogens with zero attached hydrogens (tertiary/aromatic N) is 1. The van der Waals surface area contributed by atoms with Crippen LogP contribution in [0.4, 0.5) is 5.69 Å². The number of furan rings is 1. The van der Waals surface area contributed by atoms with Crippen LogP contribution >= 0.6 is 0 Å². The van der Waals surface area contributed by atoms with Crippen LogP contribution in [0, 0.1) is 30.4 Å². The topological polar surface area (TPSA) is 76.8 Å². The summed E-state index contributed by atoms with van der Waals surface area (Å²) >= 11 is 0. The minimum absolute atomic E-state index is 0.0390. The van der Waals surface area contributed by atoms with Crippen LogP contribution in [-0.2, 0) is 14.8 Å². The molecule has 6 nitrogen and oxygen atoms in total. The molecule has 0 saturated carbocycles. The third-order valence-corrected chi connectivity index (χ3v) is 7.24. The number of ether oxygens (including phenoxy) is 1. The number of esters is 1. The molecule has 37 heavy (non-hydrogen) atoms. The highest BCUT2D eigenvalue weighted by atomic mass is 32.2. The first-order valence-electron chi connectivity index (χ1n) is 11.7. The molecule has 1 heterocycles. The van der Waals surface area contributed by atoms with Crippen molar-refractivity contribution >= 4 is 29.8 Å². The quantitative estimate of drug-likeness (QED) is 0.179. The maximum atomic E-state index is 13.7. The molecule has 1 aromatic heterocycles. The Hall–Kier alpha value is -3.72. The second-order valence-electron chi connectivity index (χ2n) is 10.5. The van der Waals surface area contributed by atoms with Crippen molar-refractivity contribution < 1.29 is 22.4 Å². The molecule has 0 saturated heterocycles. The number of benzene rings is 2. The smallest absolute Gasteiger partial charge is 0.374 e. The van der Waals surface area contributed by atoms with Gasteiger partial charge in [-0.3, -0.25) is 0 Å². The Kier molecular flexibility index (Phi) is 8.07. The zero-order valence-electron chi connectivity index (χ0n) is 22.2. The summed E-state index contributed by atoms with van der Waals surface area (Å²) in [5.41, 5.74) is 4.24. The summed E-state index contributed by atoms with van der Waals surface area (Å²) < 4.78 is 39.4. The lowest BCUT2D eigenvalue weighted by Gasteiger charge is -2.20. The van der Waals surface area contributed by atoms with Gasteiger partial charge in [-0.2, -0.15) is 4.31 Å². The van der Waals surface area contributed by atoms with E-state index in [1.807, 2.05) is 26.6 Å². The van der Waals surface area contributed by atoms with E-state index >= 15 is 0 Å². The van der Waals surface area contributed by atoms with Gasteiger partial charge in [-0.1, -0.05) is 55.4 Å². The van der Waals surface area contributed by atoms with Gasteiger partial charge in [0.1, 0.15) is 13.7 Å². The summed E-state index contributed by atoms with van der Waals surface area (Å²) in [5.74, 6) is 5.56. The highest BCUT2D eigenvalue weighted by Gasteiger charge is 2.26. The van der Waals surface area contributed by atoms with Crippen LogP contribution in [-0.4, -0.2) is 28.1 Å². The van der Waals surface area contributed by atoms with E-state index in [1.54, 1.807) is 75.4 Å². The molecule has 3 aromatic rings. The molecule has 0 unspecified atom stereocenters. The normalized spacial score (nSPS) is 11.5. The van der Waals surface area contributed by atoms with Gasteiger partial charge in [0.25, 0.3) is 10.0 Å². The Bertz CT molecular complexity index is 1520. The van der Waals surface area contributed by atoms with Crippen molar-refractivity contribution in [3.63, 3.8) is 0 Å². The molecule has 0 aliphatic rings. The minimum Gasteiger partial charge on any atom is -0.454 e. The molecule has 0 amide bonds. The molecular weight excluding hydrogens is 502 g/mol. The maximum Gasteiger partial charge on any atom is 0.374 e. The van der Waals surface area contributed by atoms with E-state index in [9.17, 15) is 13.2 Å². The number of carbonyl (C=O) groups excluding carboxylic acids is 1. The van der Waals surface area contributed by atoms with E-state index in [2.05, 4.69) is 23.4 Å². The standard InChI is InChI=1S/C29H31NO5SSi/c1-22-12-17-25(18-13-22)36(32,33)30(20-21-37(5,6)7)26-11-9-8-10-23(26)14-15-24-16-19-27(34-24)28(31)35-29(2,3)4/h8-13,16-19H,1-7H3. The van der Waals surface area contributed by atoms with Crippen molar-refractivity contribution in [1.29, 1.82) is 0 Å². The molecule has 192 valence electrons. The van der Waals surface area contributed by atoms with Crippen LogP contribution in [0.1, 0.15) is 48.2 Å². The number of aryl methyl sites for hydroxylation is 1. The maximum absolute atomic E-state index is 13.7. The zero-order chi connectivity index (χ0) is 27.4. The third kappa shape index (κ3) is 7.63. The molecule has 0 bridgehead atoms. The average molecular weight is 534 g/mol. The summed E-state index contributed by atoms with van der Waals surface area (Å²) in [4.78, 5) is 12.4. The van der Waals surface area contributed by atoms with Crippen LogP contribution in [0.25, 0.3) is 0 Å². The van der Waals surface area contributed by atoms with Gasteiger partial charge < -0.3 is 9.15 Å². The zero-order valence-corrected chi connectivity index (χ0v) is 24.0. The van der Waals surface area contributed by atoms with Crippen molar-refractivity contribution in [2.45, 2.75) is 57.8 Å². The van der Waals surface area contributed by atoms with Crippen molar-refractivity contribution in [3.8, 4) is 23.4 Å². The summed E-state index contributed by atoms with van der Waals surface area (Å²) in [6, 6.07) is 19.5. The van der Waals surface area contributed by atoms with Crippen molar-refractivity contribution in [1.82, 2.24) is 0 Å². The SMILES string of the molecule is Cc1ccc(S(=O)(=O)N(C#C[Si](C)(C)C)c2ccccc2C#Cc2ccc(C(=O)OC(C)(C)C)o2)cc1. The molecule has 0 fully saturated rings. The van der Waals surface area contributed by atoms with Gasteiger partial charge in [-0.15, -0.1) is 5.54 Å². The lowest BCUT2D eigenvalue weighted by atomic mass is 10.2. The Labute approximate surface area is 220 Å². The monoisotopic (exact) mass is 533 g/mol. The lowest BCUT2D eigenvalue weighted by Crippen LogP contribution is -2.28. The van der Waals surface area contributed by atoms with Gasteiger partial charge in [0.05, 0.1) is 16.1 Å². The fourth-order valence-corrected chi connectivity index (χ4v) is 4.82. The number of sulfonamides is 1. The molecule has 8 heteroatoms. The number of para-hydroxylation sites is 1. The first-order valence-corrected chi connectivity index (χ1v) is 16.7. The largest absolute Gasteiger partial charge is 0.454 e. The number of hydrogen-bond donors (Lipinski definition) is 0. The molecule has 0 aliphatic heterocycles. The predicted octanol–water partition coefficient (Wildman–Crippen LogP) is 5.98. The lowest BCUT2D eigenvalue weighted by molar-refractivity contribution is 0.00354. The highest BCUT2D eigenvalue weighted by molar-refractivity contribution is 7.93. The van der Waals surface area contributed by atoms with Crippen LogP contribution < -0.4 is 4.31 Å². The molecular formula is C29H31NO5SSi. The van der Waals surface area contributed by atoms with E-state index in [0.717, 1.165) is 9.87 Å². The van der Waals surface area contributed by atoms with E-state index < -0.39 is 29.7 Å². The fraction of sp³-hybridized carbons (Fsp3) is 0.276. The summed E-state index contributed by atoms with van der Waals surface area (Å²) in [7, 11) is -5.91. The number of rotatable bonds is 4. The van der Waals surface area contributed by atoms with Gasteiger partial charge >= 0.3 is 5.97 Å². The average Bonchev–Trinajstić information content (AvgIpc) is 3.26. The summed E-state index contributed by atoms with van der Waals surface area (Å²) in [6.45, 7) is 13.3. The minimum atomic E-state index is -3.99. The first kappa shape index (κ1) is 27.9. The highest BCUT2D eigenvalue weighted by Crippen LogP contribution is 2.27. The molecule has 0 N–H and O–H groups in total. The summed E-state index contributed by atoms with van der Waals surface area (Å²) in [6.07, 6.45) is 0. The van der Waals surface area contributed by atoms with Gasteiger partial charge in [-0.25, -0.2) is 13.2 Å². The predicted molar refractivity (Wildman–Crippen MR) is 148 cm³/mol. The Balaban J connectivity index is 2.05. The Morgan fingerprint density at radius 3 is 2.22 bits per heavy atom. The van der Waals surface area contributed by atoms with Gasteiger partial charge in [0.15, 0.2) is 5.76 Å². The summed E-state index contributed by atoms with van der Waals surface area (Å²) in [5, 5.41) is 0. The van der Waals surface area contributed by atoms with Crippen molar-refractivity contribution in [2.75, 3.05) is 4.31 Å². The Morgan fingerprint density at radius 2 is 1.59 bits per heavy atom. The first-order chi connectivity index (χ1) is 17.2. The molecule has 0 radical (unpaired) electrons. The second kappa shape index (κ2) is 10.7. The number of hydrogen-bond acceptors (Lipinski definition) is 5. The molecule has 0 aliphatic carbocycles. The molecule has 0 spiro atoms. The van der Waals surface area contributed by atoms with Crippen molar-refractivity contribution in [3.05, 3.63) is 83.3 Å². The van der Waals surface area contributed by atoms with E-state index in [4.69, 9.17) is 9.15 Å². The molecule has 3 rings (SSSR count). The molecule has 0 atom stereocenters. The van der Waals surface area contributed by atoms with Gasteiger partial charge in [-0.05, 0) is 70.0 Å². The number of carbonyl (C=O) groups is 1. The molecule has 2 aromatic carbocycles. The van der Waals surface area contributed by atoms with Crippen LogP contribution in [0.3, 0.4) is 0 Å². The van der Waals surface area contributed by atoms with Crippen molar-refractivity contribution in [2.24, 2.45) is 0 Å². The van der Waals surface area contributed by atoms with Crippen LogP contribution in [0.2, 0.25) is 19.6 Å². The van der Waals surface area contributed by atoms with Gasteiger partial charge in [0, 0.05) is 6.04 Å². The third-order valence-electron chi connectivity index (χ3n) is 4.74. The van der Waals surface area contributed by atoms with E-state index in [0.29, 0.717) is 11.3 Å². The fourth-order valence-electron chi connectivity index (χ4n) is 3.01. The Morgan fingerprint density at radius 1 is 0.946 bits per heavy atom. The van der Waals surface area contributed by atoms with Crippen LogP contribution in [0.15, 0.2) is 70.0 Å². The van der Waals surface area contributed by atoms with E-state index in [-0.39, 0.29) is 16.4 Å². The second-order valence-corrected chi connectivity index (χ2v) is 17.0. The van der Waals surface area contributed by atoms with E-state index in [1.165, 1.54) is 6.07 Å². The van der Waals surface area contributed by atoms with Crippen LogP contribution in [0.5, 0.6) is 0 Å².